The van der Waals surface area contributed by atoms with Crippen LogP contribution in [0.1, 0.15) is 51.9 Å². The number of carboxylic acids is 1. The Kier molecular flexibility index (Phi) is 5.20. The number of aromatic carboxylic acids is 1. The highest BCUT2D eigenvalue weighted by atomic mass is 17.2. The zero-order valence-corrected chi connectivity index (χ0v) is 13.2. The molecule has 0 aliphatic carbocycles. The minimum absolute atomic E-state index is 0.0748. The third-order valence-corrected chi connectivity index (χ3v) is 1.95. The van der Waals surface area contributed by atoms with Crippen LogP contribution in [0.5, 0.6) is 11.5 Å². The van der Waals surface area contributed by atoms with Gasteiger partial charge in [-0.25, -0.2) is 4.79 Å². The number of hydrogen-bond donors (Lipinski definition) is 1. The average Bonchev–Trinajstić information content (AvgIpc) is 2.32. The first-order valence-electron chi connectivity index (χ1n) is 6.57. The smallest absolute Gasteiger partial charge is 0.339 e. The molecule has 0 saturated heterocycles. The van der Waals surface area contributed by atoms with Gasteiger partial charge in [-0.2, -0.15) is 9.78 Å². The average molecular weight is 298 g/mol. The Bertz CT molecular complexity index is 496. The van der Waals surface area contributed by atoms with Crippen LogP contribution in [0.2, 0.25) is 0 Å². The molecule has 6 nitrogen and oxygen atoms in total. The molecule has 1 aromatic carbocycles. The molecule has 0 saturated carbocycles. The van der Waals surface area contributed by atoms with Gasteiger partial charge in [0.25, 0.3) is 0 Å². The Morgan fingerprint density at radius 1 is 0.952 bits per heavy atom. The lowest BCUT2D eigenvalue weighted by molar-refractivity contribution is -0.276. The van der Waals surface area contributed by atoms with Crippen molar-refractivity contribution in [3.8, 4) is 11.5 Å². The number of rotatable bonds is 5. The Balaban J connectivity index is 2.89. The normalized spacial score (nSPS) is 12.1. The Labute approximate surface area is 124 Å². The van der Waals surface area contributed by atoms with E-state index in [4.69, 9.17) is 19.6 Å². The van der Waals surface area contributed by atoms with E-state index in [0.29, 0.717) is 0 Å². The molecule has 0 bridgehead atoms. The minimum Gasteiger partial charge on any atom is -0.478 e. The van der Waals surface area contributed by atoms with Gasteiger partial charge in [0, 0.05) is 6.07 Å². The molecule has 0 heterocycles. The van der Waals surface area contributed by atoms with Crippen molar-refractivity contribution < 1.29 is 29.5 Å². The molecule has 0 spiro atoms. The quantitative estimate of drug-likeness (QED) is 0.661. The topological polar surface area (TPSA) is 74.2 Å². The third kappa shape index (κ3) is 6.46. The van der Waals surface area contributed by atoms with Crippen LogP contribution in [0.3, 0.4) is 0 Å². The van der Waals surface area contributed by atoms with Gasteiger partial charge in [-0.1, -0.05) is 0 Å². The summed E-state index contributed by atoms with van der Waals surface area (Å²) in [5, 5.41) is 9.22. The molecule has 0 unspecified atom stereocenters. The summed E-state index contributed by atoms with van der Waals surface area (Å²) < 4.78 is 0. The SMILES string of the molecule is CC(C)(C)OOc1ccc(OOC(C)(C)C)c(C(=O)O)c1. The maximum absolute atomic E-state index is 11.3. The van der Waals surface area contributed by atoms with Crippen molar-refractivity contribution in [3.63, 3.8) is 0 Å². The summed E-state index contributed by atoms with van der Waals surface area (Å²) in [5.41, 5.74) is -1.14. The summed E-state index contributed by atoms with van der Waals surface area (Å²) in [5.74, 6) is -0.783. The van der Waals surface area contributed by atoms with Crippen molar-refractivity contribution in [2.24, 2.45) is 0 Å². The lowest BCUT2D eigenvalue weighted by atomic mass is 10.2. The van der Waals surface area contributed by atoms with Gasteiger partial charge >= 0.3 is 5.97 Å². The second kappa shape index (κ2) is 6.32. The third-order valence-electron chi connectivity index (χ3n) is 1.95. The maximum atomic E-state index is 11.3. The second-order valence-corrected chi connectivity index (χ2v) is 6.52. The second-order valence-electron chi connectivity index (χ2n) is 6.52. The molecular weight excluding hydrogens is 276 g/mol. The first-order chi connectivity index (χ1) is 9.48. The van der Waals surface area contributed by atoms with E-state index in [1.807, 2.05) is 20.8 Å². The molecule has 0 fully saturated rings. The molecule has 1 N–H and O–H groups in total. The van der Waals surface area contributed by atoms with Crippen molar-refractivity contribution in [2.45, 2.75) is 52.7 Å². The van der Waals surface area contributed by atoms with E-state index in [1.54, 1.807) is 26.8 Å². The highest BCUT2D eigenvalue weighted by Crippen LogP contribution is 2.26. The van der Waals surface area contributed by atoms with E-state index in [-0.39, 0.29) is 17.1 Å². The van der Waals surface area contributed by atoms with Gasteiger partial charge in [-0.15, -0.1) is 0 Å². The molecule has 1 aromatic rings. The van der Waals surface area contributed by atoms with Gasteiger partial charge in [-0.05, 0) is 53.7 Å². The molecule has 0 atom stereocenters. The summed E-state index contributed by atoms with van der Waals surface area (Å²) >= 11 is 0. The highest BCUT2D eigenvalue weighted by Gasteiger charge is 2.19. The lowest BCUT2D eigenvalue weighted by Crippen LogP contribution is -2.22. The Morgan fingerprint density at radius 2 is 1.48 bits per heavy atom. The first-order valence-corrected chi connectivity index (χ1v) is 6.57. The highest BCUT2D eigenvalue weighted by molar-refractivity contribution is 5.91. The summed E-state index contributed by atoms with van der Waals surface area (Å²) in [6.07, 6.45) is 0. The number of carbonyl (C=O) groups is 1. The molecule has 6 heteroatoms. The van der Waals surface area contributed by atoms with E-state index < -0.39 is 17.2 Å². The first kappa shape index (κ1) is 17.3. The summed E-state index contributed by atoms with van der Waals surface area (Å²) in [7, 11) is 0. The van der Waals surface area contributed by atoms with Crippen molar-refractivity contribution in [1.29, 1.82) is 0 Å². The molecular formula is C15H22O6. The van der Waals surface area contributed by atoms with Crippen LogP contribution in [-0.4, -0.2) is 22.3 Å². The monoisotopic (exact) mass is 298 g/mol. The fourth-order valence-corrected chi connectivity index (χ4v) is 1.14. The molecule has 0 aliphatic rings. The molecule has 0 aliphatic heterocycles. The predicted molar refractivity (Wildman–Crippen MR) is 76.3 cm³/mol. The van der Waals surface area contributed by atoms with Gasteiger partial charge in [0.15, 0.2) is 11.5 Å². The van der Waals surface area contributed by atoms with Crippen LogP contribution < -0.4 is 9.78 Å². The number of hydrogen-bond acceptors (Lipinski definition) is 5. The number of benzene rings is 1. The van der Waals surface area contributed by atoms with Gasteiger partial charge in [-0.3, -0.25) is 0 Å². The summed E-state index contributed by atoms with van der Waals surface area (Å²) in [6.45, 7) is 10.8. The van der Waals surface area contributed by atoms with Crippen LogP contribution in [-0.2, 0) is 9.78 Å². The van der Waals surface area contributed by atoms with Crippen LogP contribution in [0, 0.1) is 0 Å². The standard InChI is InChI=1S/C15H22O6/c1-14(2,3)20-18-10-7-8-12(11(9-10)13(16)17)19-21-15(4,5)6/h7-9H,1-6H3,(H,16,17). The van der Waals surface area contributed by atoms with Crippen molar-refractivity contribution in [3.05, 3.63) is 23.8 Å². The Hall–Kier alpha value is -1.79. The maximum Gasteiger partial charge on any atom is 0.339 e. The van der Waals surface area contributed by atoms with E-state index in [9.17, 15) is 9.90 Å². The fourth-order valence-electron chi connectivity index (χ4n) is 1.14. The predicted octanol–water partition coefficient (Wildman–Crippen LogP) is 3.60. The van der Waals surface area contributed by atoms with Gasteiger partial charge in [0.2, 0.25) is 0 Å². The summed E-state index contributed by atoms with van der Waals surface area (Å²) in [6, 6.07) is 4.31. The molecule has 0 aromatic heterocycles. The zero-order valence-electron chi connectivity index (χ0n) is 13.2. The van der Waals surface area contributed by atoms with Crippen LogP contribution in [0.15, 0.2) is 18.2 Å². The van der Waals surface area contributed by atoms with E-state index in [0.717, 1.165) is 0 Å². The minimum atomic E-state index is -1.15. The van der Waals surface area contributed by atoms with Crippen LogP contribution in [0.25, 0.3) is 0 Å². The van der Waals surface area contributed by atoms with Gasteiger partial charge < -0.3 is 14.9 Å². The lowest BCUT2D eigenvalue weighted by Gasteiger charge is -2.20. The number of carboxylic acid groups (broad SMARTS) is 1. The Morgan fingerprint density at radius 3 is 1.95 bits per heavy atom. The van der Waals surface area contributed by atoms with E-state index in [2.05, 4.69) is 0 Å². The van der Waals surface area contributed by atoms with E-state index in [1.165, 1.54) is 12.1 Å². The molecule has 118 valence electrons. The zero-order chi connectivity index (χ0) is 16.3. The van der Waals surface area contributed by atoms with Crippen molar-refractivity contribution >= 4 is 5.97 Å². The molecule has 0 radical (unpaired) electrons. The van der Waals surface area contributed by atoms with Crippen molar-refractivity contribution in [2.75, 3.05) is 0 Å². The van der Waals surface area contributed by atoms with Crippen molar-refractivity contribution in [1.82, 2.24) is 0 Å². The molecule has 0 amide bonds. The molecule has 21 heavy (non-hydrogen) atoms. The van der Waals surface area contributed by atoms with Crippen LogP contribution >= 0.6 is 0 Å². The van der Waals surface area contributed by atoms with Gasteiger partial charge in [0.05, 0.1) is 0 Å². The van der Waals surface area contributed by atoms with Crippen LogP contribution in [0.4, 0.5) is 0 Å². The van der Waals surface area contributed by atoms with Gasteiger partial charge in [0.1, 0.15) is 16.8 Å². The summed E-state index contributed by atoms with van der Waals surface area (Å²) in [4.78, 5) is 31.7. The fraction of sp³-hybridized carbons (Fsp3) is 0.533. The van der Waals surface area contributed by atoms with E-state index >= 15 is 0 Å². The molecule has 1 rings (SSSR count). The largest absolute Gasteiger partial charge is 0.478 e.